The minimum absolute atomic E-state index is 0.0173. The first-order valence-corrected chi connectivity index (χ1v) is 7.03. The van der Waals surface area contributed by atoms with Gasteiger partial charge in [0.25, 0.3) is 0 Å². The molecule has 0 bridgehead atoms. The lowest BCUT2D eigenvalue weighted by molar-refractivity contribution is -0.144. The molecule has 0 heterocycles. The maximum atomic E-state index is 12.8. The van der Waals surface area contributed by atoms with Crippen molar-refractivity contribution in [3.63, 3.8) is 0 Å². The molecule has 1 aromatic carbocycles. The highest BCUT2D eigenvalue weighted by Gasteiger charge is 2.36. The largest absolute Gasteiger partial charge is 0.481 e. The minimum atomic E-state index is -4.49. The average molecular weight is 331 g/mol. The van der Waals surface area contributed by atoms with Crippen LogP contribution in [0.5, 0.6) is 0 Å². The monoisotopic (exact) mass is 331 g/mol. The molecule has 1 N–H and O–H groups in total. The van der Waals surface area contributed by atoms with Crippen LogP contribution < -0.4 is 0 Å². The van der Waals surface area contributed by atoms with Gasteiger partial charge in [-0.3, -0.25) is 9.59 Å². The lowest BCUT2D eigenvalue weighted by Gasteiger charge is -2.31. The first kappa shape index (κ1) is 19.0. The number of rotatable bonds is 5. The Morgan fingerprint density at radius 1 is 1.22 bits per heavy atom. The third kappa shape index (κ3) is 4.46. The van der Waals surface area contributed by atoms with Gasteiger partial charge in [-0.15, -0.1) is 0 Å². The number of aliphatic carboxylic acids is 1. The maximum Gasteiger partial charge on any atom is 0.416 e. The van der Waals surface area contributed by atoms with Gasteiger partial charge in [0, 0.05) is 13.6 Å². The summed E-state index contributed by atoms with van der Waals surface area (Å²) in [6, 6.07) is 4.61. The topological polar surface area (TPSA) is 57.6 Å². The number of nitrogens with zero attached hydrogens (tertiary/aromatic N) is 1. The van der Waals surface area contributed by atoms with Gasteiger partial charge < -0.3 is 10.0 Å². The van der Waals surface area contributed by atoms with Crippen molar-refractivity contribution in [1.29, 1.82) is 0 Å². The number of carbonyl (C=O) groups excluding carboxylic acids is 1. The van der Waals surface area contributed by atoms with E-state index < -0.39 is 34.9 Å². The van der Waals surface area contributed by atoms with Gasteiger partial charge in [0.1, 0.15) is 0 Å². The first-order valence-electron chi connectivity index (χ1n) is 7.03. The van der Waals surface area contributed by atoms with Gasteiger partial charge in [-0.2, -0.15) is 13.2 Å². The number of hydrogen-bond donors (Lipinski definition) is 1. The fraction of sp³-hybridized carbons (Fsp3) is 0.500. The van der Waals surface area contributed by atoms with Gasteiger partial charge >= 0.3 is 12.1 Å². The van der Waals surface area contributed by atoms with E-state index in [2.05, 4.69) is 0 Å². The predicted octanol–water partition coefficient (Wildman–Crippen LogP) is 3.16. The van der Waals surface area contributed by atoms with Crippen LogP contribution in [0.25, 0.3) is 0 Å². The highest BCUT2D eigenvalue weighted by atomic mass is 19.4. The van der Waals surface area contributed by atoms with Crippen LogP contribution >= 0.6 is 0 Å². The van der Waals surface area contributed by atoms with Crippen molar-refractivity contribution in [3.8, 4) is 0 Å². The number of halogens is 3. The lowest BCUT2D eigenvalue weighted by Crippen LogP contribution is -2.44. The summed E-state index contributed by atoms with van der Waals surface area (Å²) < 4.78 is 38.4. The van der Waals surface area contributed by atoms with E-state index in [1.807, 2.05) is 0 Å². The summed E-state index contributed by atoms with van der Waals surface area (Å²) in [5, 5.41) is 8.90. The number of carboxylic acid groups (broad SMARTS) is 1. The number of alkyl halides is 3. The van der Waals surface area contributed by atoms with Crippen molar-refractivity contribution in [1.82, 2.24) is 4.90 Å². The molecule has 23 heavy (non-hydrogen) atoms. The zero-order chi connectivity index (χ0) is 18.0. The van der Waals surface area contributed by atoms with Gasteiger partial charge in [-0.05, 0) is 25.5 Å². The van der Waals surface area contributed by atoms with Crippen molar-refractivity contribution in [2.45, 2.75) is 32.4 Å². The summed E-state index contributed by atoms with van der Waals surface area (Å²) in [5.74, 6) is -2.24. The Kier molecular flexibility index (Phi) is 5.45. The quantitative estimate of drug-likeness (QED) is 0.902. The fourth-order valence-electron chi connectivity index (χ4n) is 2.26. The van der Waals surface area contributed by atoms with E-state index in [0.717, 1.165) is 12.1 Å². The Morgan fingerprint density at radius 2 is 1.74 bits per heavy atom. The van der Waals surface area contributed by atoms with Gasteiger partial charge in [0.15, 0.2) is 0 Å². The van der Waals surface area contributed by atoms with Crippen LogP contribution in [0, 0.1) is 5.92 Å². The Labute approximate surface area is 132 Å². The fourth-order valence-corrected chi connectivity index (χ4v) is 2.26. The Bertz CT molecular complexity index is 596. The molecule has 7 heteroatoms. The molecule has 0 aliphatic carbocycles. The average Bonchev–Trinajstić information content (AvgIpc) is 2.45. The molecule has 0 aliphatic heterocycles. The van der Waals surface area contributed by atoms with Crippen LogP contribution in [0.4, 0.5) is 13.2 Å². The molecular weight excluding hydrogens is 311 g/mol. The number of amides is 1. The summed E-state index contributed by atoms with van der Waals surface area (Å²) in [5.41, 5.74) is -1.79. The molecule has 0 aromatic heterocycles. The third-order valence-corrected chi connectivity index (χ3v) is 3.76. The number of carbonyl (C=O) groups is 2. The van der Waals surface area contributed by atoms with E-state index in [0.29, 0.717) is 0 Å². The standard InChI is InChI=1S/C16H20F3NO3/c1-10(13(21)22)9-20(4)14(23)15(2,3)11-6-5-7-12(8-11)16(17,18)19/h5-8,10H,9H2,1-4H3,(H,21,22). The molecule has 4 nitrogen and oxygen atoms in total. The Hall–Kier alpha value is -2.05. The SMILES string of the molecule is CC(CN(C)C(=O)C(C)(C)c1cccc(C(F)(F)F)c1)C(=O)O. The first-order chi connectivity index (χ1) is 10.4. The highest BCUT2D eigenvalue weighted by molar-refractivity contribution is 5.87. The van der Waals surface area contributed by atoms with Crippen LogP contribution in [0.15, 0.2) is 24.3 Å². The zero-order valence-corrected chi connectivity index (χ0v) is 13.4. The predicted molar refractivity (Wildman–Crippen MR) is 78.9 cm³/mol. The maximum absolute atomic E-state index is 12.8. The van der Waals surface area contributed by atoms with E-state index in [-0.39, 0.29) is 12.1 Å². The number of benzene rings is 1. The van der Waals surface area contributed by atoms with E-state index in [9.17, 15) is 22.8 Å². The second-order valence-electron chi connectivity index (χ2n) is 6.13. The second kappa shape index (κ2) is 6.60. The van der Waals surface area contributed by atoms with Crippen LogP contribution in [0.3, 0.4) is 0 Å². The summed E-state index contributed by atoms with van der Waals surface area (Å²) in [6.07, 6.45) is -4.49. The molecule has 0 fully saturated rings. The summed E-state index contributed by atoms with van der Waals surface area (Å²) >= 11 is 0. The highest BCUT2D eigenvalue weighted by Crippen LogP contribution is 2.33. The minimum Gasteiger partial charge on any atom is -0.481 e. The van der Waals surface area contributed by atoms with E-state index in [1.165, 1.54) is 44.9 Å². The Balaban J connectivity index is 3.06. The van der Waals surface area contributed by atoms with E-state index >= 15 is 0 Å². The van der Waals surface area contributed by atoms with Crippen molar-refractivity contribution in [2.24, 2.45) is 5.92 Å². The number of likely N-dealkylation sites (N-methyl/N-ethyl adjacent to an activating group) is 1. The van der Waals surface area contributed by atoms with E-state index in [1.54, 1.807) is 0 Å². The zero-order valence-electron chi connectivity index (χ0n) is 13.4. The van der Waals surface area contributed by atoms with Gasteiger partial charge in [0.05, 0.1) is 16.9 Å². The van der Waals surface area contributed by atoms with Crippen molar-refractivity contribution in [3.05, 3.63) is 35.4 Å². The molecule has 1 unspecified atom stereocenters. The van der Waals surface area contributed by atoms with Crippen molar-refractivity contribution in [2.75, 3.05) is 13.6 Å². The lowest BCUT2D eigenvalue weighted by atomic mass is 9.82. The van der Waals surface area contributed by atoms with Crippen LogP contribution in [0.1, 0.15) is 31.9 Å². The summed E-state index contributed by atoms with van der Waals surface area (Å²) in [7, 11) is 1.44. The van der Waals surface area contributed by atoms with Gasteiger partial charge in [-0.25, -0.2) is 0 Å². The van der Waals surface area contributed by atoms with Gasteiger partial charge in [-0.1, -0.05) is 25.1 Å². The summed E-state index contributed by atoms with van der Waals surface area (Å²) in [6.45, 7) is 4.49. The molecule has 1 amide bonds. The molecule has 0 saturated carbocycles. The summed E-state index contributed by atoms with van der Waals surface area (Å²) in [4.78, 5) is 24.6. The third-order valence-electron chi connectivity index (χ3n) is 3.76. The van der Waals surface area contributed by atoms with Crippen LogP contribution in [0.2, 0.25) is 0 Å². The van der Waals surface area contributed by atoms with Gasteiger partial charge in [0.2, 0.25) is 5.91 Å². The van der Waals surface area contributed by atoms with Crippen LogP contribution in [-0.4, -0.2) is 35.5 Å². The molecular formula is C16H20F3NO3. The van der Waals surface area contributed by atoms with Crippen LogP contribution in [-0.2, 0) is 21.2 Å². The van der Waals surface area contributed by atoms with E-state index in [4.69, 9.17) is 5.11 Å². The molecule has 1 aromatic rings. The molecule has 0 saturated heterocycles. The molecule has 128 valence electrons. The molecule has 0 aliphatic rings. The molecule has 1 atom stereocenters. The molecule has 0 spiro atoms. The van der Waals surface area contributed by atoms with Crippen molar-refractivity contribution < 1.29 is 27.9 Å². The second-order valence-corrected chi connectivity index (χ2v) is 6.13. The van der Waals surface area contributed by atoms with Crippen molar-refractivity contribution >= 4 is 11.9 Å². The smallest absolute Gasteiger partial charge is 0.416 e. The normalized spacial score (nSPS) is 13.5. The molecule has 0 radical (unpaired) electrons. The number of hydrogen-bond acceptors (Lipinski definition) is 2. The molecule has 1 rings (SSSR count). The Morgan fingerprint density at radius 3 is 2.22 bits per heavy atom. The number of carboxylic acids is 1.